The van der Waals surface area contributed by atoms with E-state index in [-0.39, 0.29) is 12.2 Å². The molecule has 0 aromatic heterocycles. The highest BCUT2D eigenvalue weighted by Gasteiger charge is 2.40. The lowest BCUT2D eigenvalue weighted by atomic mass is 10.0. The van der Waals surface area contributed by atoms with Crippen molar-refractivity contribution in [1.29, 1.82) is 0 Å². The molecule has 1 unspecified atom stereocenters. The Morgan fingerprint density at radius 2 is 1.00 bits per heavy atom. The minimum absolute atomic E-state index is 0.258. The predicted molar refractivity (Wildman–Crippen MR) is 59.5 cm³/mol. The smallest absolute Gasteiger partial charge is 0.114 e. The number of hydrogen-bond donors (Lipinski definition) is 0. The first-order valence-corrected chi connectivity index (χ1v) is 5.20. The Morgan fingerprint density at radius 3 is 1.40 bits per heavy atom. The van der Waals surface area contributed by atoms with E-state index in [2.05, 4.69) is 48.5 Å². The van der Waals surface area contributed by atoms with Gasteiger partial charge < -0.3 is 4.74 Å². The Bertz CT molecular complexity index is 392. The molecule has 2 aromatic carbocycles. The average molecular weight is 196 g/mol. The summed E-state index contributed by atoms with van der Waals surface area (Å²) in [7, 11) is 0. The third-order valence-electron chi connectivity index (χ3n) is 2.75. The Labute approximate surface area is 89.3 Å². The van der Waals surface area contributed by atoms with Crippen LogP contribution in [0, 0.1) is 0 Å². The van der Waals surface area contributed by atoms with E-state index >= 15 is 0 Å². The maximum atomic E-state index is 5.69. The molecule has 1 nitrogen and oxygen atoms in total. The molecule has 0 aliphatic carbocycles. The zero-order valence-corrected chi connectivity index (χ0v) is 8.34. The maximum absolute atomic E-state index is 5.69. The van der Waals surface area contributed by atoms with Gasteiger partial charge in [-0.15, -0.1) is 0 Å². The minimum atomic E-state index is 0.258. The second kappa shape index (κ2) is 3.52. The summed E-state index contributed by atoms with van der Waals surface area (Å²) in [4.78, 5) is 0. The van der Waals surface area contributed by atoms with E-state index in [4.69, 9.17) is 4.74 Å². The molecule has 1 aliphatic rings. The Balaban J connectivity index is 1.81. The largest absolute Gasteiger partial charge is 0.359 e. The lowest BCUT2D eigenvalue weighted by Gasteiger charge is -1.95. The lowest BCUT2D eigenvalue weighted by molar-refractivity contribution is 0.377. The van der Waals surface area contributed by atoms with Crippen LogP contribution in [0.2, 0.25) is 0 Å². The molecule has 0 bridgehead atoms. The number of ether oxygens (including phenoxy) is 1. The van der Waals surface area contributed by atoms with Crippen molar-refractivity contribution >= 4 is 0 Å². The second-order valence-corrected chi connectivity index (χ2v) is 3.80. The van der Waals surface area contributed by atoms with E-state index < -0.39 is 0 Å². The van der Waals surface area contributed by atoms with Gasteiger partial charge in [0, 0.05) is 0 Å². The molecule has 1 heteroatoms. The fourth-order valence-corrected chi connectivity index (χ4v) is 1.90. The topological polar surface area (TPSA) is 12.5 Å². The second-order valence-electron chi connectivity index (χ2n) is 3.80. The summed E-state index contributed by atoms with van der Waals surface area (Å²) in [6.45, 7) is 0. The molecule has 1 fully saturated rings. The summed E-state index contributed by atoms with van der Waals surface area (Å²) in [6, 6.07) is 20.8. The average Bonchev–Trinajstić information content (AvgIpc) is 3.11. The molecule has 3 rings (SSSR count). The molecule has 15 heavy (non-hydrogen) atoms. The fraction of sp³-hybridized carbons (Fsp3) is 0.143. The van der Waals surface area contributed by atoms with Crippen LogP contribution in [0.5, 0.6) is 0 Å². The van der Waals surface area contributed by atoms with Gasteiger partial charge in [-0.25, -0.2) is 0 Å². The normalized spacial score (nSPS) is 23.7. The number of hydrogen-bond acceptors (Lipinski definition) is 1. The summed E-state index contributed by atoms with van der Waals surface area (Å²) in [5.41, 5.74) is 2.54. The van der Waals surface area contributed by atoms with E-state index in [1.807, 2.05) is 12.1 Å². The van der Waals surface area contributed by atoms with Crippen molar-refractivity contribution in [2.24, 2.45) is 0 Å². The van der Waals surface area contributed by atoms with Crippen LogP contribution in [-0.2, 0) is 4.74 Å². The summed E-state index contributed by atoms with van der Waals surface area (Å²) >= 11 is 0. The Morgan fingerprint density at radius 1 is 0.600 bits per heavy atom. The van der Waals surface area contributed by atoms with Crippen molar-refractivity contribution < 1.29 is 4.74 Å². The highest BCUT2D eigenvalue weighted by atomic mass is 16.6. The number of benzene rings is 2. The number of rotatable bonds is 2. The third-order valence-corrected chi connectivity index (χ3v) is 2.75. The van der Waals surface area contributed by atoms with Gasteiger partial charge in [0.2, 0.25) is 0 Å². The van der Waals surface area contributed by atoms with Crippen LogP contribution in [0.4, 0.5) is 0 Å². The quantitative estimate of drug-likeness (QED) is 0.670. The van der Waals surface area contributed by atoms with Crippen LogP contribution in [0.1, 0.15) is 23.3 Å². The molecule has 0 radical (unpaired) electrons. The molecule has 0 amide bonds. The van der Waals surface area contributed by atoms with Crippen molar-refractivity contribution in [3.05, 3.63) is 71.8 Å². The molecular formula is C14H12O. The molecule has 1 aliphatic heterocycles. The number of epoxide rings is 1. The molecule has 1 saturated heterocycles. The highest BCUT2D eigenvalue weighted by Crippen LogP contribution is 2.50. The summed E-state index contributed by atoms with van der Waals surface area (Å²) in [5, 5.41) is 0. The summed E-state index contributed by atoms with van der Waals surface area (Å²) < 4.78 is 5.69. The summed E-state index contributed by atoms with van der Waals surface area (Å²) in [5.74, 6) is 0. The van der Waals surface area contributed by atoms with Gasteiger partial charge >= 0.3 is 0 Å². The molecule has 74 valence electrons. The van der Waals surface area contributed by atoms with Crippen LogP contribution in [0.25, 0.3) is 0 Å². The summed E-state index contributed by atoms with van der Waals surface area (Å²) in [6.07, 6.45) is 0.516. The fourth-order valence-electron chi connectivity index (χ4n) is 1.90. The first kappa shape index (κ1) is 8.69. The first-order valence-electron chi connectivity index (χ1n) is 5.20. The standard InChI is InChI=1S/C14H12O/c1-3-7-11(8-4-1)13-14(15-13)12-9-5-2-6-10-12/h1-10,13-14H/t13-,14?/m1/s1. The van der Waals surface area contributed by atoms with Crippen molar-refractivity contribution in [2.45, 2.75) is 12.2 Å². The van der Waals surface area contributed by atoms with Crippen molar-refractivity contribution in [2.75, 3.05) is 0 Å². The van der Waals surface area contributed by atoms with E-state index in [1.54, 1.807) is 0 Å². The monoisotopic (exact) mass is 196 g/mol. The predicted octanol–water partition coefficient (Wildman–Crippen LogP) is 3.50. The van der Waals surface area contributed by atoms with Crippen LogP contribution in [0.3, 0.4) is 0 Å². The van der Waals surface area contributed by atoms with E-state index in [0.717, 1.165) is 0 Å². The molecule has 2 aromatic rings. The van der Waals surface area contributed by atoms with Gasteiger partial charge in [-0.2, -0.15) is 0 Å². The molecule has 1 heterocycles. The molecule has 0 saturated carbocycles. The van der Waals surface area contributed by atoms with Gasteiger partial charge in [-0.3, -0.25) is 0 Å². The Kier molecular flexibility index (Phi) is 2.04. The van der Waals surface area contributed by atoms with Gasteiger partial charge in [-0.1, -0.05) is 60.7 Å². The maximum Gasteiger partial charge on any atom is 0.114 e. The van der Waals surface area contributed by atoms with Crippen LogP contribution >= 0.6 is 0 Å². The van der Waals surface area contributed by atoms with Gasteiger partial charge in [-0.05, 0) is 11.1 Å². The lowest BCUT2D eigenvalue weighted by Crippen LogP contribution is -1.82. The van der Waals surface area contributed by atoms with Crippen LogP contribution in [-0.4, -0.2) is 0 Å². The van der Waals surface area contributed by atoms with E-state index in [9.17, 15) is 0 Å². The van der Waals surface area contributed by atoms with Crippen molar-refractivity contribution in [3.8, 4) is 0 Å². The van der Waals surface area contributed by atoms with E-state index in [1.165, 1.54) is 11.1 Å². The van der Waals surface area contributed by atoms with E-state index in [0.29, 0.717) is 0 Å². The van der Waals surface area contributed by atoms with Gasteiger partial charge in [0.15, 0.2) is 0 Å². The third kappa shape index (κ3) is 1.66. The molecule has 0 spiro atoms. The molecule has 2 atom stereocenters. The van der Waals surface area contributed by atoms with Crippen molar-refractivity contribution in [3.63, 3.8) is 0 Å². The van der Waals surface area contributed by atoms with Crippen LogP contribution < -0.4 is 0 Å². The minimum Gasteiger partial charge on any atom is -0.359 e. The highest BCUT2D eigenvalue weighted by molar-refractivity contribution is 5.29. The van der Waals surface area contributed by atoms with Gasteiger partial charge in [0.05, 0.1) is 0 Å². The molecule has 0 N–H and O–H groups in total. The Hall–Kier alpha value is -1.60. The SMILES string of the molecule is c1ccc(C2O[C@@H]2c2ccccc2)cc1. The van der Waals surface area contributed by atoms with Gasteiger partial charge in [0.1, 0.15) is 12.2 Å². The van der Waals surface area contributed by atoms with Crippen LogP contribution in [0.15, 0.2) is 60.7 Å². The first-order chi connectivity index (χ1) is 7.45. The zero-order chi connectivity index (χ0) is 10.1. The zero-order valence-electron chi connectivity index (χ0n) is 8.34. The van der Waals surface area contributed by atoms with Crippen molar-refractivity contribution in [1.82, 2.24) is 0 Å². The molecular weight excluding hydrogens is 184 g/mol. The van der Waals surface area contributed by atoms with Gasteiger partial charge in [0.25, 0.3) is 0 Å².